The third-order valence-electron chi connectivity index (χ3n) is 4.65. The van der Waals surface area contributed by atoms with Gasteiger partial charge in [0.25, 0.3) is 0 Å². The number of guanidine groups is 1. The number of aliphatic imine (C=N–C) groups is 1. The average Bonchev–Trinajstić information content (AvgIpc) is 3.22. The molecule has 9 heteroatoms. The maximum absolute atomic E-state index is 13.5. The van der Waals surface area contributed by atoms with E-state index in [4.69, 9.17) is 4.42 Å². The van der Waals surface area contributed by atoms with Crippen molar-refractivity contribution in [2.24, 2.45) is 12.0 Å². The van der Waals surface area contributed by atoms with Gasteiger partial charge in [0.05, 0.1) is 12.7 Å². The molecule has 158 valence electrons. The van der Waals surface area contributed by atoms with Crippen LogP contribution in [0.3, 0.4) is 0 Å². The van der Waals surface area contributed by atoms with Gasteiger partial charge < -0.3 is 20.2 Å². The molecule has 0 radical (unpaired) electrons. The maximum Gasteiger partial charge on any atom is 0.191 e. The summed E-state index contributed by atoms with van der Waals surface area (Å²) < 4.78 is 20.9. The number of hydrogen-bond acceptors (Lipinski definition) is 4. The molecule has 2 aromatic heterocycles. The molecular weight excluding hydrogens is 488 g/mol. The molecule has 0 aliphatic heterocycles. The van der Waals surface area contributed by atoms with E-state index in [0.29, 0.717) is 36.0 Å². The van der Waals surface area contributed by atoms with Gasteiger partial charge in [-0.3, -0.25) is 4.68 Å². The molecule has 0 bridgehead atoms. The summed E-state index contributed by atoms with van der Waals surface area (Å²) in [6.45, 7) is 6.81. The highest BCUT2D eigenvalue weighted by Gasteiger charge is 2.25. The van der Waals surface area contributed by atoms with Crippen LogP contribution in [0.5, 0.6) is 0 Å². The Labute approximate surface area is 186 Å². The van der Waals surface area contributed by atoms with Crippen molar-refractivity contribution in [1.82, 2.24) is 20.4 Å². The maximum atomic E-state index is 13.5. The molecule has 0 aliphatic carbocycles. The van der Waals surface area contributed by atoms with E-state index >= 15 is 0 Å². The van der Waals surface area contributed by atoms with E-state index in [1.54, 1.807) is 37.1 Å². The van der Waals surface area contributed by atoms with E-state index in [1.807, 2.05) is 13.8 Å². The predicted octanol–water partition coefficient (Wildman–Crippen LogP) is 3.19. The largest absolute Gasteiger partial charge is 0.459 e. The lowest BCUT2D eigenvalue weighted by molar-refractivity contribution is 0.0616. The first-order valence-corrected chi connectivity index (χ1v) is 9.21. The third kappa shape index (κ3) is 5.47. The summed E-state index contributed by atoms with van der Waals surface area (Å²) in [5, 5.41) is 21.9. The van der Waals surface area contributed by atoms with E-state index in [1.165, 1.54) is 12.1 Å². The zero-order chi connectivity index (χ0) is 20.3. The normalized spacial score (nSPS) is 13.8. The van der Waals surface area contributed by atoms with Gasteiger partial charge in [0.15, 0.2) is 5.96 Å². The number of nitrogens with one attached hydrogen (secondary N) is 2. The van der Waals surface area contributed by atoms with E-state index in [0.717, 1.165) is 10.9 Å². The van der Waals surface area contributed by atoms with Crippen LogP contribution in [0.4, 0.5) is 4.39 Å². The summed E-state index contributed by atoms with van der Waals surface area (Å²) >= 11 is 0. The van der Waals surface area contributed by atoms with Gasteiger partial charge in [-0.15, -0.1) is 24.0 Å². The van der Waals surface area contributed by atoms with Crippen molar-refractivity contribution in [3.63, 3.8) is 0 Å². The average molecular weight is 515 g/mol. The molecule has 3 N–H and O–H groups in total. The van der Waals surface area contributed by atoms with Crippen LogP contribution < -0.4 is 10.6 Å². The van der Waals surface area contributed by atoms with Crippen LogP contribution in [0.2, 0.25) is 0 Å². The van der Waals surface area contributed by atoms with Crippen LogP contribution in [-0.4, -0.2) is 33.9 Å². The number of rotatable bonds is 6. The number of benzene rings is 1. The van der Waals surface area contributed by atoms with E-state index < -0.39 is 5.60 Å². The Morgan fingerprint density at radius 2 is 2.14 bits per heavy atom. The van der Waals surface area contributed by atoms with Gasteiger partial charge in [0.2, 0.25) is 0 Å². The van der Waals surface area contributed by atoms with Crippen LogP contribution in [0, 0.1) is 12.7 Å². The molecule has 1 aromatic carbocycles. The van der Waals surface area contributed by atoms with Gasteiger partial charge in [-0.1, -0.05) is 0 Å². The lowest BCUT2D eigenvalue weighted by Gasteiger charge is -2.23. The molecule has 29 heavy (non-hydrogen) atoms. The smallest absolute Gasteiger partial charge is 0.191 e. The summed E-state index contributed by atoms with van der Waals surface area (Å²) in [4.78, 5) is 4.54. The molecule has 0 amide bonds. The summed E-state index contributed by atoms with van der Waals surface area (Å²) in [7, 11) is 1.81. The Bertz CT molecular complexity index is 996. The topological polar surface area (TPSA) is 87.6 Å². The van der Waals surface area contributed by atoms with Gasteiger partial charge in [-0.25, -0.2) is 9.38 Å². The third-order valence-corrected chi connectivity index (χ3v) is 4.65. The number of halogens is 2. The molecule has 0 spiro atoms. The summed E-state index contributed by atoms with van der Waals surface area (Å²) in [5.74, 6) is 0.939. The van der Waals surface area contributed by atoms with E-state index in [9.17, 15) is 9.50 Å². The monoisotopic (exact) mass is 515 g/mol. The quantitative estimate of drug-likeness (QED) is 0.267. The van der Waals surface area contributed by atoms with Crippen molar-refractivity contribution < 1.29 is 13.9 Å². The van der Waals surface area contributed by atoms with E-state index in [2.05, 4.69) is 20.7 Å². The zero-order valence-corrected chi connectivity index (χ0v) is 19.3. The SMILES string of the molecule is CCNC(=NCc1oc2ccc(F)cc2c1C)NCC(C)(O)c1cnn(C)c1.I. The van der Waals surface area contributed by atoms with Crippen molar-refractivity contribution >= 4 is 40.9 Å². The Hall–Kier alpha value is -2.14. The Balaban J connectivity index is 0.00000300. The number of aromatic nitrogens is 2. The summed E-state index contributed by atoms with van der Waals surface area (Å²) in [6, 6.07) is 4.47. The standard InChI is InChI=1S/C20H26FN5O2.HI/c1-5-22-19(24-12-20(3,27)14-9-25-26(4)11-14)23-10-18-13(2)16-8-15(21)6-7-17(16)28-18;/h6-9,11,27H,5,10,12H2,1-4H3,(H2,22,23,24);1H. The fourth-order valence-corrected chi connectivity index (χ4v) is 2.94. The first-order valence-electron chi connectivity index (χ1n) is 9.21. The van der Waals surface area contributed by atoms with Crippen molar-refractivity contribution in [2.45, 2.75) is 32.9 Å². The summed E-state index contributed by atoms with van der Waals surface area (Å²) in [5.41, 5.74) is 1.13. The van der Waals surface area contributed by atoms with E-state index in [-0.39, 0.29) is 36.3 Å². The van der Waals surface area contributed by atoms with Gasteiger partial charge in [-0.05, 0) is 39.0 Å². The molecule has 0 saturated carbocycles. The first kappa shape index (κ1) is 23.1. The fourth-order valence-electron chi connectivity index (χ4n) is 2.94. The Morgan fingerprint density at radius 1 is 1.38 bits per heavy atom. The second-order valence-corrected chi connectivity index (χ2v) is 7.02. The first-order chi connectivity index (χ1) is 13.3. The molecule has 1 unspecified atom stereocenters. The second kappa shape index (κ2) is 9.57. The minimum atomic E-state index is -1.10. The van der Waals surface area contributed by atoms with Crippen LogP contribution in [0.25, 0.3) is 11.0 Å². The van der Waals surface area contributed by atoms with Crippen molar-refractivity contribution in [3.8, 4) is 0 Å². The molecule has 0 saturated heterocycles. The molecule has 0 fully saturated rings. The van der Waals surface area contributed by atoms with Crippen LogP contribution in [0.15, 0.2) is 40.0 Å². The zero-order valence-electron chi connectivity index (χ0n) is 17.0. The van der Waals surface area contributed by atoms with Crippen molar-refractivity contribution in [1.29, 1.82) is 0 Å². The van der Waals surface area contributed by atoms with Gasteiger partial charge in [0, 0.05) is 36.3 Å². The molecule has 0 aliphatic rings. The minimum Gasteiger partial charge on any atom is -0.459 e. The molecule has 3 aromatic rings. The van der Waals surface area contributed by atoms with Gasteiger partial charge in [-0.2, -0.15) is 5.10 Å². The number of fused-ring (bicyclic) bond motifs is 1. The fraction of sp³-hybridized carbons (Fsp3) is 0.400. The van der Waals surface area contributed by atoms with Crippen molar-refractivity contribution in [3.05, 3.63) is 53.3 Å². The second-order valence-electron chi connectivity index (χ2n) is 7.02. The van der Waals surface area contributed by atoms with Crippen LogP contribution in [0.1, 0.15) is 30.7 Å². The lowest BCUT2D eigenvalue weighted by Crippen LogP contribution is -2.44. The van der Waals surface area contributed by atoms with Gasteiger partial charge >= 0.3 is 0 Å². The summed E-state index contributed by atoms with van der Waals surface area (Å²) in [6.07, 6.45) is 3.42. The Kier molecular flexibility index (Phi) is 7.64. The number of aryl methyl sites for hydroxylation is 2. The highest BCUT2D eigenvalue weighted by Crippen LogP contribution is 2.26. The highest BCUT2D eigenvalue weighted by atomic mass is 127. The molecule has 7 nitrogen and oxygen atoms in total. The number of nitrogens with zero attached hydrogens (tertiary/aromatic N) is 3. The highest BCUT2D eigenvalue weighted by molar-refractivity contribution is 14.0. The van der Waals surface area contributed by atoms with Crippen LogP contribution >= 0.6 is 24.0 Å². The predicted molar refractivity (Wildman–Crippen MR) is 122 cm³/mol. The lowest BCUT2D eigenvalue weighted by atomic mass is 10.00. The van der Waals surface area contributed by atoms with Crippen LogP contribution in [-0.2, 0) is 19.2 Å². The number of furan rings is 1. The molecule has 2 heterocycles. The molecule has 1 atom stereocenters. The number of hydrogen-bond donors (Lipinski definition) is 3. The Morgan fingerprint density at radius 3 is 2.79 bits per heavy atom. The van der Waals surface area contributed by atoms with Gasteiger partial charge in [0.1, 0.15) is 29.3 Å². The molecular formula is C20H27FIN5O2. The number of aliphatic hydroxyl groups is 1. The molecule has 3 rings (SSSR count). The van der Waals surface area contributed by atoms with Crippen molar-refractivity contribution in [2.75, 3.05) is 13.1 Å². The minimum absolute atomic E-state index is 0.